The largest absolute Gasteiger partial charge is 0.480 e. The molecule has 1 aliphatic heterocycles. The maximum Gasteiger partial charge on any atom is 0.369 e. The number of nitrogens with zero attached hydrogens (tertiary/aromatic N) is 1. The normalized spacial score (nSPS) is 14.4. The average Bonchev–Trinajstić information content (AvgIpc) is 3.32. The summed E-state index contributed by atoms with van der Waals surface area (Å²) in [4.78, 5) is 95.2. The summed E-state index contributed by atoms with van der Waals surface area (Å²) in [5.41, 5.74) is 0. The lowest BCUT2D eigenvalue weighted by Crippen LogP contribution is -2.51. The van der Waals surface area contributed by atoms with E-state index in [1.807, 2.05) is 0 Å². The first-order valence-corrected chi connectivity index (χ1v) is 17.8. The highest BCUT2D eigenvalue weighted by molar-refractivity contribution is 7.72. The molecule has 0 aromatic heterocycles. The topological polar surface area (TPSA) is 314 Å². The van der Waals surface area contributed by atoms with Gasteiger partial charge in [-0.15, -0.1) is 0 Å². The Balaban J connectivity index is 1.92. The highest BCUT2D eigenvalue weighted by atomic mass is 31.2. The van der Waals surface area contributed by atoms with Gasteiger partial charge in [0, 0.05) is 44.5 Å². The lowest BCUT2D eigenvalue weighted by molar-refractivity contribution is -0.153. The molecule has 8 N–H and O–H groups in total. The van der Waals surface area contributed by atoms with E-state index in [1.54, 1.807) is 0 Å². The van der Waals surface area contributed by atoms with Crippen LogP contribution in [0.2, 0.25) is 0 Å². The summed E-state index contributed by atoms with van der Waals surface area (Å²) < 4.78 is 49.1. The van der Waals surface area contributed by atoms with Crippen molar-refractivity contribution in [2.75, 3.05) is 79.2 Å². The molecule has 23 heteroatoms. The molecular formula is C25H43N3O18P2. The Kier molecular flexibility index (Phi) is 20.0. The monoisotopic (exact) mass is 735 g/mol. The van der Waals surface area contributed by atoms with Crippen molar-refractivity contribution in [2.45, 2.75) is 36.8 Å². The van der Waals surface area contributed by atoms with E-state index < -0.39 is 68.9 Å². The molecule has 0 fully saturated rings. The van der Waals surface area contributed by atoms with Crippen molar-refractivity contribution in [1.82, 2.24) is 15.5 Å². The summed E-state index contributed by atoms with van der Waals surface area (Å²) in [7, 11) is -11.1. The number of carboxylic acids is 1. The zero-order valence-corrected chi connectivity index (χ0v) is 27.8. The van der Waals surface area contributed by atoms with Crippen LogP contribution in [0.4, 0.5) is 0 Å². The molecule has 0 spiro atoms. The Bertz CT molecular complexity index is 1150. The molecule has 0 unspecified atom stereocenters. The molecule has 1 aliphatic rings. The molecule has 0 bridgehead atoms. The standard InChI is InChI=1S/C25H43N3O18P2/c29-20(26-7-1-6-25(35,47(36,37)38)48(39,40)41)4-8-42-10-12-44-14-16-46-17-15-45-13-11-43-9-5-21(30)27-18-19(24(33)34)28-22(31)2-3-23(28)32/h2-3,19,35H,1,4-18H2,(H,26,29)(H,27,30)(H,33,34)(H2,36,37,38)(H2,39,40,41)/t19-/m0/s1. The molecule has 48 heavy (non-hydrogen) atoms. The molecule has 21 nitrogen and oxygen atoms in total. The fourth-order valence-corrected chi connectivity index (χ4v) is 5.98. The third-order valence-electron chi connectivity index (χ3n) is 6.31. The Hall–Kier alpha value is -2.65. The summed E-state index contributed by atoms with van der Waals surface area (Å²) >= 11 is 0. The predicted octanol–water partition coefficient (Wildman–Crippen LogP) is -2.76. The van der Waals surface area contributed by atoms with Gasteiger partial charge in [0.25, 0.3) is 16.9 Å². The minimum atomic E-state index is -5.54. The maximum atomic E-state index is 11.9. The van der Waals surface area contributed by atoms with Crippen molar-refractivity contribution in [3.05, 3.63) is 12.2 Å². The van der Waals surface area contributed by atoms with Crippen molar-refractivity contribution >= 4 is 44.8 Å². The number of carbonyl (C=O) groups excluding carboxylic acids is 4. The summed E-state index contributed by atoms with van der Waals surface area (Å²) in [5, 5.41) is 20.3. The number of rotatable bonds is 28. The van der Waals surface area contributed by atoms with Gasteiger partial charge in [0.2, 0.25) is 11.8 Å². The van der Waals surface area contributed by atoms with Gasteiger partial charge in [-0.05, 0) is 6.42 Å². The molecule has 1 atom stereocenters. The second-order valence-corrected chi connectivity index (χ2v) is 13.9. The Morgan fingerprint density at radius 2 is 1.08 bits per heavy atom. The number of amides is 4. The molecular weight excluding hydrogens is 692 g/mol. The van der Waals surface area contributed by atoms with E-state index in [4.69, 9.17) is 43.3 Å². The van der Waals surface area contributed by atoms with Crippen LogP contribution in [0.25, 0.3) is 0 Å². The Morgan fingerprint density at radius 3 is 1.46 bits per heavy atom. The second kappa shape index (κ2) is 22.1. The second-order valence-electron chi connectivity index (χ2n) is 9.92. The van der Waals surface area contributed by atoms with Crippen LogP contribution in [-0.2, 0) is 56.8 Å². The highest BCUT2D eigenvalue weighted by Gasteiger charge is 2.58. The van der Waals surface area contributed by atoms with Gasteiger partial charge in [-0.3, -0.25) is 33.2 Å². The molecule has 0 aromatic carbocycles. The summed E-state index contributed by atoms with van der Waals surface area (Å²) in [6.07, 6.45) is 0.570. The first-order chi connectivity index (χ1) is 22.5. The van der Waals surface area contributed by atoms with Gasteiger partial charge in [-0.25, -0.2) is 4.79 Å². The van der Waals surface area contributed by atoms with E-state index in [2.05, 4.69) is 10.6 Å². The van der Waals surface area contributed by atoms with E-state index in [1.165, 1.54) is 0 Å². The van der Waals surface area contributed by atoms with Crippen LogP contribution < -0.4 is 10.6 Å². The van der Waals surface area contributed by atoms with Crippen LogP contribution in [0.15, 0.2) is 12.2 Å². The summed E-state index contributed by atoms with van der Waals surface area (Å²) in [6, 6.07) is -1.52. The summed E-state index contributed by atoms with van der Waals surface area (Å²) in [5.74, 6) is -3.95. The maximum absolute atomic E-state index is 11.9. The smallest absolute Gasteiger partial charge is 0.369 e. The first-order valence-electron chi connectivity index (χ1n) is 14.5. The van der Waals surface area contributed by atoms with Gasteiger partial charge in [0.05, 0.1) is 66.1 Å². The average molecular weight is 736 g/mol. The van der Waals surface area contributed by atoms with Gasteiger partial charge in [-0.2, -0.15) is 0 Å². The van der Waals surface area contributed by atoms with Crippen molar-refractivity contribution < 1.29 is 86.6 Å². The lowest BCUT2D eigenvalue weighted by Gasteiger charge is -2.29. The van der Waals surface area contributed by atoms with E-state index in [-0.39, 0.29) is 91.9 Å². The lowest BCUT2D eigenvalue weighted by atomic mass is 10.2. The van der Waals surface area contributed by atoms with Crippen molar-refractivity contribution in [2.24, 2.45) is 0 Å². The SMILES string of the molecule is O=C(CCOCCOCCOCCOCCOCCC(=O)NC[C@@H](C(=O)O)N1C(=O)C=CC1=O)NCCCC(O)(P(=O)(O)O)P(=O)(O)O. The number of nitrogens with one attached hydrogen (secondary N) is 2. The molecule has 0 aromatic rings. The molecule has 0 radical (unpaired) electrons. The number of carbonyl (C=O) groups is 5. The van der Waals surface area contributed by atoms with E-state index in [0.29, 0.717) is 4.90 Å². The number of aliphatic hydroxyl groups is 1. The number of imide groups is 1. The van der Waals surface area contributed by atoms with Crippen LogP contribution in [0.3, 0.4) is 0 Å². The minimum absolute atomic E-state index is 0.0423. The Labute approximate surface area is 275 Å². The van der Waals surface area contributed by atoms with Crippen LogP contribution in [0.5, 0.6) is 0 Å². The predicted molar refractivity (Wildman–Crippen MR) is 160 cm³/mol. The number of hydrogen-bond acceptors (Lipinski definition) is 13. The molecule has 4 amide bonds. The quantitative estimate of drug-likeness (QED) is 0.0229. The molecule has 1 heterocycles. The number of ether oxygens (including phenoxy) is 5. The van der Waals surface area contributed by atoms with E-state index in [9.17, 15) is 43.3 Å². The van der Waals surface area contributed by atoms with Gasteiger partial charge < -0.3 is 64.1 Å². The van der Waals surface area contributed by atoms with Crippen molar-refractivity contribution in [1.29, 1.82) is 0 Å². The Morgan fingerprint density at radius 1 is 0.708 bits per heavy atom. The molecule has 1 rings (SSSR count). The molecule has 276 valence electrons. The highest BCUT2D eigenvalue weighted by Crippen LogP contribution is 2.69. The fourth-order valence-electron chi connectivity index (χ4n) is 3.72. The molecule has 0 saturated carbocycles. The van der Waals surface area contributed by atoms with Crippen molar-refractivity contribution in [3.63, 3.8) is 0 Å². The first kappa shape index (κ1) is 43.4. The van der Waals surface area contributed by atoms with Gasteiger partial charge >= 0.3 is 21.2 Å². The number of aliphatic carboxylic acids is 1. The summed E-state index contributed by atoms with van der Waals surface area (Å²) in [6.45, 7) is 1.46. The van der Waals surface area contributed by atoms with Crippen LogP contribution in [0.1, 0.15) is 25.7 Å². The fraction of sp³-hybridized carbons (Fsp3) is 0.720. The third-order valence-corrected chi connectivity index (χ3v) is 10.2. The molecule has 0 saturated heterocycles. The van der Waals surface area contributed by atoms with Gasteiger partial charge in [0.1, 0.15) is 0 Å². The molecule has 0 aliphatic carbocycles. The van der Waals surface area contributed by atoms with Crippen molar-refractivity contribution in [3.8, 4) is 0 Å². The van der Waals surface area contributed by atoms with Gasteiger partial charge in [0.15, 0.2) is 6.04 Å². The van der Waals surface area contributed by atoms with E-state index >= 15 is 0 Å². The van der Waals surface area contributed by atoms with Crippen LogP contribution in [0, 0.1) is 0 Å². The van der Waals surface area contributed by atoms with Gasteiger partial charge in [-0.1, -0.05) is 0 Å². The van der Waals surface area contributed by atoms with Crippen LogP contribution >= 0.6 is 15.2 Å². The zero-order valence-electron chi connectivity index (χ0n) is 26.0. The minimum Gasteiger partial charge on any atom is -0.480 e. The van der Waals surface area contributed by atoms with E-state index in [0.717, 1.165) is 12.2 Å². The number of hydrogen-bond donors (Lipinski definition) is 8. The zero-order chi connectivity index (χ0) is 36.2. The third kappa shape index (κ3) is 16.2. The van der Waals surface area contributed by atoms with Crippen LogP contribution in [-0.4, -0.2) is 155 Å². The number of carboxylic acid groups (broad SMARTS) is 1.